The fourth-order valence-electron chi connectivity index (χ4n) is 1.77. The zero-order chi connectivity index (χ0) is 13.4. The van der Waals surface area contributed by atoms with Crippen molar-refractivity contribution >= 4 is 21.8 Å². The Bertz CT molecular complexity index is 393. The van der Waals surface area contributed by atoms with Crippen LogP contribution >= 0.6 is 15.9 Å². The highest BCUT2D eigenvalue weighted by atomic mass is 79.9. The zero-order valence-electron chi connectivity index (χ0n) is 10.7. The molecule has 18 heavy (non-hydrogen) atoms. The lowest BCUT2D eigenvalue weighted by atomic mass is 10.1. The minimum absolute atomic E-state index is 0.0119. The largest absolute Gasteiger partial charge is 0.396 e. The van der Waals surface area contributed by atoms with Crippen LogP contribution in [0.1, 0.15) is 41.6 Å². The number of halogens is 1. The Morgan fingerprint density at radius 1 is 1.28 bits per heavy atom. The normalized spacial score (nSPS) is 10.4. The summed E-state index contributed by atoms with van der Waals surface area (Å²) in [6.07, 6.45) is 3.87. The van der Waals surface area contributed by atoms with Gasteiger partial charge in [0.2, 0.25) is 0 Å². The van der Waals surface area contributed by atoms with Crippen LogP contribution in [0, 0.1) is 6.92 Å². The molecule has 0 aliphatic carbocycles. The van der Waals surface area contributed by atoms with Crippen LogP contribution in [0.5, 0.6) is 0 Å². The molecule has 0 aliphatic heterocycles. The lowest BCUT2D eigenvalue weighted by molar-refractivity contribution is 0.0952. The van der Waals surface area contributed by atoms with Crippen molar-refractivity contribution in [3.05, 3.63) is 33.8 Å². The standard InChI is InChI=1S/C14H20BrNO2/c1-11-10-12(15)6-7-13(11)14(18)16-8-4-2-3-5-9-17/h6-7,10,17H,2-5,8-9H2,1H3,(H,16,18). The predicted molar refractivity (Wildman–Crippen MR) is 76.8 cm³/mol. The predicted octanol–water partition coefficient (Wildman–Crippen LogP) is 3.04. The van der Waals surface area contributed by atoms with Gasteiger partial charge < -0.3 is 10.4 Å². The topological polar surface area (TPSA) is 49.3 Å². The van der Waals surface area contributed by atoms with Gasteiger partial charge in [0, 0.05) is 23.2 Å². The summed E-state index contributed by atoms with van der Waals surface area (Å²) < 4.78 is 0.987. The highest BCUT2D eigenvalue weighted by Gasteiger charge is 2.07. The van der Waals surface area contributed by atoms with Crippen LogP contribution in [0.25, 0.3) is 0 Å². The summed E-state index contributed by atoms with van der Waals surface area (Å²) in [5.74, 6) is -0.0119. The Hall–Kier alpha value is -0.870. The van der Waals surface area contributed by atoms with Gasteiger partial charge in [-0.2, -0.15) is 0 Å². The summed E-state index contributed by atoms with van der Waals surface area (Å²) >= 11 is 3.38. The maximum absolute atomic E-state index is 11.9. The molecule has 4 heteroatoms. The van der Waals surface area contributed by atoms with E-state index in [2.05, 4.69) is 21.2 Å². The third-order valence-electron chi connectivity index (χ3n) is 2.80. The first-order valence-electron chi connectivity index (χ1n) is 6.30. The number of hydrogen-bond acceptors (Lipinski definition) is 2. The van der Waals surface area contributed by atoms with Gasteiger partial charge >= 0.3 is 0 Å². The number of benzene rings is 1. The maximum atomic E-state index is 11.9. The zero-order valence-corrected chi connectivity index (χ0v) is 12.3. The number of aliphatic hydroxyl groups excluding tert-OH is 1. The minimum atomic E-state index is -0.0119. The molecule has 0 aliphatic rings. The van der Waals surface area contributed by atoms with E-state index in [4.69, 9.17) is 5.11 Å². The molecule has 0 heterocycles. The Morgan fingerprint density at radius 2 is 2.00 bits per heavy atom. The lowest BCUT2D eigenvalue weighted by Gasteiger charge is -2.08. The van der Waals surface area contributed by atoms with Crippen molar-refractivity contribution in [2.24, 2.45) is 0 Å². The molecular weight excluding hydrogens is 294 g/mol. The number of hydrogen-bond donors (Lipinski definition) is 2. The average molecular weight is 314 g/mol. The summed E-state index contributed by atoms with van der Waals surface area (Å²) in [7, 11) is 0. The third kappa shape index (κ3) is 5.19. The fraction of sp³-hybridized carbons (Fsp3) is 0.500. The summed E-state index contributed by atoms with van der Waals surface area (Å²) in [5, 5.41) is 11.6. The van der Waals surface area contributed by atoms with Gasteiger partial charge in [0.15, 0.2) is 0 Å². The van der Waals surface area contributed by atoms with Crippen molar-refractivity contribution in [1.29, 1.82) is 0 Å². The molecule has 1 aromatic rings. The number of nitrogens with one attached hydrogen (secondary N) is 1. The van der Waals surface area contributed by atoms with Crippen LogP contribution < -0.4 is 5.32 Å². The number of aliphatic hydroxyl groups is 1. The smallest absolute Gasteiger partial charge is 0.251 e. The Labute approximate surface area is 117 Å². The van der Waals surface area contributed by atoms with E-state index in [9.17, 15) is 4.79 Å². The van der Waals surface area contributed by atoms with Crippen molar-refractivity contribution in [2.75, 3.05) is 13.2 Å². The van der Waals surface area contributed by atoms with Crippen LogP contribution in [0.15, 0.2) is 22.7 Å². The van der Waals surface area contributed by atoms with Crippen molar-refractivity contribution < 1.29 is 9.90 Å². The molecule has 1 rings (SSSR count). The quantitative estimate of drug-likeness (QED) is 0.760. The molecule has 0 saturated carbocycles. The van der Waals surface area contributed by atoms with Gasteiger partial charge in [0.05, 0.1) is 0 Å². The van der Waals surface area contributed by atoms with Crippen LogP contribution in [-0.4, -0.2) is 24.2 Å². The molecule has 2 N–H and O–H groups in total. The Kier molecular flexibility index (Phi) is 6.98. The highest BCUT2D eigenvalue weighted by Crippen LogP contribution is 2.15. The second-order valence-electron chi connectivity index (χ2n) is 4.35. The first-order chi connectivity index (χ1) is 8.65. The summed E-state index contributed by atoms with van der Waals surface area (Å²) in [5.41, 5.74) is 1.70. The molecule has 0 radical (unpaired) electrons. The second-order valence-corrected chi connectivity index (χ2v) is 5.27. The van der Waals surface area contributed by atoms with Gasteiger partial charge in [-0.15, -0.1) is 0 Å². The summed E-state index contributed by atoms with van der Waals surface area (Å²) in [4.78, 5) is 11.9. The van der Waals surface area contributed by atoms with Gasteiger partial charge in [-0.3, -0.25) is 4.79 Å². The number of carbonyl (C=O) groups is 1. The molecule has 3 nitrogen and oxygen atoms in total. The molecule has 1 amide bonds. The summed E-state index contributed by atoms with van der Waals surface area (Å²) in [6.45, 7) is 2.88. The molecule has 0 fully saturated rings. The van der Waals surface area contributed by atoms with E-state index in [1.54, 1.807) is 0 Å². The number of rotatable bonds is 7. The average Bonchev–Trinajstić information content (AvgIpc) is 2.33. The molecule has 0 bridgehead atoms. The van der Waals surface area contributed by atoms with E-state index in [0.29, 0.717) is 6.54 Å². The molecular formula is C14H20BrNO2. The fourth-order valence-corrected chi connectivity index (χ4v) is 2.24. The van der Waals surface area contributed by atoms with Crippen LogP contribution in [0.4, 0.5) is 0 Å². The molecule has 0 unspecified atom stereocenters. The van der Waals surface area contributed by atoms with E-state index in [-0.39, 0.29) is 12.5 Å². The van der Waals surface area contributed by atoms with Crippen molar-refractivity contribution in [2.45, 2.75) is 32.6 Å². The van der Waals surface area contributed by atoms with Gasteiger partial charge in [-0.05, 0) is 43.5 Å². The monoisotopic (exact) mass is 313 g/mol. The SMILES string of the molecule is Cc1cc(Br)ccc1C(=O)NCCCCCCO. The van der Waals surface area contributed by atoms with Gasteiger partial charge in [0.25, 0.3) is 5.91 Å². The molecule has 1 aromatic carbocycles. The van der Waals surface area contributed by atoms with Gasteiger partial charge in [0.1, 0.15) is 0 Å². The van der Waals surface area contributed by atoms with Gasteiger partial charge in [-0.1, -0.05) is 28.8 Å². The molecule has 0 atom stereocenters. The minimum Gasteiger partial charge on any atom is -0.396 e. The Morgan fingerprint density at radius 3 is 2.67 bits per heavy atom. The third-order valence-corrected chi connectivity index (χ3v) is 3.30. The maximum Gasteiger partial charge on any atom is 0.251 e. The van der Waals surface area contributed by atoms with Crippen LogP contribution in [0.2, 0.25) is 0 Å². The van der Waals surface area contributed by atoms with E-state index in [0.717, 1.165) is 41.3 Å². The highest BCUT2D eigenvalue weighted by molar-refractivity contribution is 9.10. The van der Waals surface area contributed by atoms with E-state index in [1.165, 1.54) is 0 Å². The number of carbonyl (C=O) groups excluding carboxylic acids is 1. The van der Waals surface area contributed by atoms with E-state index >= 15 is 0 Å². The first kappa shape index (κ1) is 15.2. The second kappa shape index (κ2) is 8.27. The Balaban J connectivity index is 2.32. The molecule has 0 spiro atoms. The van der Waals surface area contributed by atoms with Crippen molar-refractivity contribution in [3.63, 3.8) is 0 Å². The first-order valence-corrected chi connectivity index (χ1v) is 7.09. The summed E-state index contributed by atoms with van der Waals surface area (Å²) in [6, 6.07) is 5.65. The number of amides is 1. The van der Waals surface area contributed by atoms with E-state index < -0.39 is 0 Å². The van der Waals surface area contributed by atoms with Crippen LogP contribution in [-0.2, 0) is 0 Å². The molecule has 0 saturated heterocycles. The van der Waals surface area contributed by atoms with Gasteiger partial charge in [-0.25, -0.2) is 0 Å². The van der Waals surface area contributed by atoms with Crippen LogP contribution in [0.3, 0.4) is 0 Å². The number of aryl methyl sites for hydroxylation is 1. The number of unbranched alkanes of at least 4 members (excludes halogenated alkanes) is 3. The lowest BCUT2D eigenvalue weighted by Crippen LogP contribution is -2.25. The van der Waals surface area contributed by atoms with Crippen molar-refractivity contribution in [1.82, 2.24) is 5.32 Å². The van der Waals surface area contributed by atoms with Crippen molar-refractivity contribution in [3.8, 4) is 0 Å². The molecule has 0 aromatic heterocycles. The van der Waals surface area contributed by atoms with E-state index in [1.807, 2.05) is 25.1 Å². The molecule has 100 valence electrons.